The predicted molar refractivity (Wildman–Crippen MR) is 175 cm³/mol. The van der Waals surface area contributed by atoms with Crippen molar-refractivity contribution in [3.63, 3.8) is 0 Å². The molecule has 0 spiro atoms. The molecule has 4 heterocycles. The quantitative estimate of drug-likeness (QED) is 0.253. The number of aromatic amines is 1. The maximum Gasteiger partial charge on any atom is 0.317 e. The van der Waals surface area contributed by atoms with Crippen LogP contribution < -0.4 is 5.32 Å². The first-order valence-electron chi connectivity index (χ1n) is 14.5. The third kappa shape index (κ3) is 5.92. The highest BCUT2D eigenvalue weighted by Gasteiger charge is 2.60. The van der Waals surface area contributed by atoms with Gasteiger partial charge in [0.15, 0.2) is 0 Å². The van der Waals surface area contributed by atoms with E-state index in [-0.39, 0.29) is 24.3 Å². The molecule has 228 valence electrons. The number of benzene rings is 2. The lowest BCUT2D eigenvalue weighted by atomic mass is 9.90. The van der Waals surface area contributed by atoms with Gasteiger partial charge in [-0.05, 0) is 48.9 Å². The summed E-state index contributed by atoms with van der Waals surface area (Å²) in [6, 6.07) is 18.3. The Morgan fingerprint density at radius 3 is 2.55 bits per heavy atom. The summed E-state index contributed by atoms with van der Waals surface area (Å²) in [4.78, 5) is 54.9. The van der Waals surface area contributed by atoms with Gasteiger partial charge in [-0.15, -0.1) is 0 Å². The molecule has 12 heteroatoms. The number of amides is 4. The Morgan fingerprint density at radius 2 is 1.84 bits per heavy atom. The number of thioether (sulfide) groups is 1. The number of halogens is 2. The molecule has 2 N–H and O–H groups in total. The summed E-state index contributed by atoms with van der Waals surface area (Å²) in [5.41, 5.74) is 2.63. The lowest BCUT2D eigenvalue weighted by molar-refractivity contribution is -0.136. The minimum atomic E-state index is -1.22. The summed E-state index contributed by atoms with van der Waals surface area (Å²) in [5, 5.41) is 4.99. The molecule has 4 aromatic rings. The van der Waals surface area contributed by atoms with Crippen molar-refractivity contribution in [3.05, 3.63) is 93.7 Å². The van der Waals surface area contributed by atoms with Crippen molar-refractivity contribution in [2.75, 3.05) is 32.7 Å². The van der Waals surface area contributed by atoms with E-state index in [0.717, 1.165) is 26.5 Å². The lowest BCUT2D eigenvalue weighted by Crippen LogP contribution is -2.58. The molecule has 0 radical (unpaired) electrons. The number of hydrogen-bond acceptors (Lipinski definition) is 5. The Balaban J connectivity index is 1.45. The van der Waals surface area contributed by atoms with Gasteiger partial charge in [0.2, 0.25) is 11.8 Å². The zero-order chi connectivity index (χ0) is 30.8. The van der Waals surface area contributed by atoms with Gasteiger partial charge in [0.05, 0.1) is 17.5 Å². The summed E-state index contributed by atoms with van der Waals surface area (Å²) in [7, 11) is 0. The summed E-state index contributed by atoms with van der Waals surface area (Å²) < 4.78 is -0.273. The fourth-order valence-corrected chi connectivity index (χ4v) is 7.96. The molecule has 2 aliphatic heterocycles. The number of carbonyl (C=O) groups is 3. The van der Waals surface area contributed by atoms with Crippen molar-refractivity contribution in [1.29, 1.82) is 0 Å². The fourth-order valence-electron chi connectivity index (χ4n) is 6.12. The maximum absolute atomic E-state index is 15.0. The first-order valence-corrected chi connectivity index (χ1v) is 16.5. The highest BCUT2D eigenvalue weighted by atomic mass is 79.9. The van der Waals surface area contributed by atoms with E-state index in [0.29, 0.717) is 49.3 Å². The number of rotatable bonds is 7. The molecule has 9 nitrogen and oxygen atoms in total. The van der Waals surface area contributed by atoms with E-state index in [2.05, 4.69) is 31.2 Å². The minimum absolute atomic E-state index is 0.00503. The average Bonchev–Trinajstić information content (AvgIpc) is 3.55. The largest absolute Gasteiger partial charge is 0.361 e. The minimum Gasteiger partial charge on any atom is -0.361 e. The third-order valence-corrected chi connectivity index (χ3v) is 10.3. The second-order valence-corrected chi connectivity index (χ2v) is 13.6. The number of urea groups is 1. The van der Waals surface area contributed by atoms with Crippen molar-refractivity contribution in [3.8, 4) is 0 Å². The first kappa shape index (κ1) is 30.5. The summed E-state index contributed by atoms with van der Waals surface area (Å²) in [6.07, 6.45) is 3.60. The zero-order valence-electron chi connectivity index (χ0n) is 24.1. The Labute approximate surface area is 273 Å². The zero-order valence-corrected chi connectivity index (χ0v) is 27.3. The molecule has 2 aromatic carbocycles. The number of pyridine rings is 1. The number of likely N-dealkylation sites (tertiary alicyclic amines) is 1. The SMILES string of the molecule is CCNC(=O)N1CCN(C(=O)C2(Sc3ccccn3)CC(=O)N(Cc3ccc(Br)cc3)C2c2c[nH]c3cc(Cl)ccc23)CC1. The topological polar surface area (TPSA) is 102 Å². The van der Waals surface area contributed by atoms with Crippen molar-refractivity contribution in [2.45, 2.75) is 35.7 Å². The molecule has 0 aliphatic carbocycles. The number of H-pyrrole nitrogens is 1. The molecular formula is C32H32BrClN6O3S. The third-order valence-electron chi connectivity index (χ3n) is 8.19. The Kier molecular flexibility index (Phi) is 8.89. The van der Waals surface area contributed by atoms with Crippen molar-refractivity contribution < 1.29 is 14.4 Å². The van der Waals surface area contributed by atoms with E-state index in [4.69, 9.17) is 11.6 Å². The van der Waals surface area contributed by atoms with Gasteiger partial charge in [-0.3, -0.25) is 9.59 Å². The van der Waals surface area contributed by atoms with Crippen LogP contribution in [0.4, 0.5) is 4.79 Å². The van der Waals surface area contributed by atoms with Crippen LogP contribution >= 0.6 is 39.3 Å². The number of carbonyl (C=O) groups excluding carboxylic acids is 3. The Bertz CT molecular complexity index is 1680. The monoisotopic (exact) mass is 694 g/mol. The molecule has 0 saturated carbocycles. The number of piperazine rings is 1. The average molecular weight is 696 g/mol. The van der Waals surface area contributed by atoms with Gasteiger partial charge in [-0.2, -0.15) is 0 Å². The Morgan fingerprint density at radius 1 is 1.09 bits per heavy atom. The second kappa shape index (κ2) is 12.8. The molecule has 6 rings (SSSR count). The van der Waals surface area contributed by atoms with Crippen LogP contribution in [-0.4, -0.2) is 80.0 Å². The molecule has 4 amide bonds. The smallest absolute Gasteiger partial charge is 0.317 e. The lowest BCUT2D eigenvalue weighted by Gasteiger charge is -2.42. The van der Waals surface area contributed by atoms with Crippen LogP contribution in [0.1, 0.15) is 30.5 Å². The first-order chi connectivity index (χ1) is 21.3. The predicted octanol–water partition coefficient (Wildman–Crippen LogP) is 5.86. The molecule has 44 heavy (non-hydrogen) atoms. The van der Waals surface area contributed by atoms with Gasteiger partial charge < -0.3 is 25.0 Å². The van der Waals surface area contributed by atoms with Crippen LogP contribution in [0.5, 0.6) is 0 Å². The number of nitrogens with one attached hydrogen (secondary N) is 2. The van der Waals surface area contributed by atoms with Crippen LogP contribution in [0.25, 0.3) is 10.9 Å². The molecule has 2 unspecified atom stereocenters. The number of fused-ring (bicyclic) bond motifs is 1. The van der Waals surface area contributed by atoms with E-state index in [1.165, 1.54) is 11.8 Å². The standard InChI is InChI=1S/C32H32BrClN6O3S/c1-2-35-31(43)39-15-13-38(14-16-39)30(42)32(44-27-5-3-4-12-36-27)18-28(41)40(20-21-6-8-22(33)9-7-21)29(32)25-19-37-26-17-23(34)10-11-24(25)26/h3-12,17,19,29,37H,2,13-16,18,20H2,1H3,(H,35,43). The van der Waals surface area contributed by atoms with Crippen molar-refractivity contribution >= 4 is 68.0 Å². The van der Waals surface area contributed by atoms with Crippen molar-refractivity contribution in [1.82, 2.24) is 30.0 Å². The summed E-state index contributed by atoms with van der Waals surface area (Å²) in [5.74, 6) is -0.248. The highest BCUT2D eigenvalue weighted by molar-refractivity contribution is 9.10. The number of aromatic nitrogens is 2. The summed E-state index contributed by atoms with van der Waals surface area (Å²) in [6.45, 7) is 4.32. The van der Waals surface area contributed by atoms with Gasteiger partial charge in [0, 0.05) is 77.6 Å². The van der Waals surface area contributed by atoms with Crippen LogP contribution in [0.3, 0.4) is 0 Å². The van der Waals surface area contributed by atoms with E-state index >= 15 is 0 Å². The Hall–Kier alpha value is -3.54. The van der Waals surface area contributed by atoms with Gasteiger partial charge in [0.1, 0.15) is 4.75 Å². The molecule has 2 aliphatic rings. The van der Waals surface area contributed by atoms with Crippen LogP contribution in [0, 0.1) is 0 Å². The fraction of sp³-hybridized carbons (Fsp3) is 0.312. The molecule has 2 saturated heterocycles. The number of hydrogen-bond donors (Lipinski definition) is 2. The van der Waals surface area contributed by atoms with Crippen molar-refractivity contribution in [2.24, 2.45) is 0 Å². The normalized spacial score (nSPS) is 20.4. The second-order valence-electron chi connectivity index (χ2n) is 10.9. The molecule has 2 atom stereocenters. The van der Waals surface area contributed by atoms with Gasteiger partial charge in [-0.1, -0.05) is 63.6 Å². The van der Waals surface area contributed by atoms with Crippen LogP contribution in [0.15, 0.2) is 82.6 Å². The highest BCUT2D eigenvalue weighted by Crippen LogP contribution is 2.54. The van der Waals surface area contributed by atoms with Crippen LogP contribution in [0.2, 0.25) is 5.02 Å². The number of nitrogens with zero attached hydrogens (tertiary/aromatic N) is 4. The van der Waals surface area contributed by atoms with Gasteiger partial charge >= 0.3 is 6.03 Å². The van der Waals surface area contributed by atoms with Gasteiger partial charge in [0.25, 0.3) is 0 Å². The maximum atomic E-state index is 15.0. The molecule has 0 bridgehead atoms. The molecule has 2 aromatic heterocycles. The summed E-state index contributed by atoms with van der Waals surface area (Å²) >= 11 is 11.2. The van der Waals surface area contributed by atoms with E-state index in [9.17, 15) is 14.4 Å². The van der Waals surface area contributed by atoms with E-state index in [1.54, 1.807) is 16.0 Å². The van der Waals surface area contributed by atoms with E-state index < -0.39 is 10.8 Å². The molecular weight excluding hydrogens is 664 g/mol. The van der Waals surface area contributed by atoms with Gasteiger partial charge in [-0.25, -0.2) is 9.78 Å². The molecule has 2 fully saturated rings. The van der Waals surface area contributed by atoms with E-state index in [1.807, 2.05) is 78.7 Å². The van der Waals surface area contributed by atoms with Crippen LogP contribution in [-0.2, 0) is 16.1 Å².